The maximum atomic E-state index is 11.8. The van der Waals surface area contributed by atoms with Gasteiger partial charge >= 0.3 is 11.7 Å². The molecule has 0 N–H and O–H groups in total. The molecule has 0 saturated heterocycles. The Labute approximate surface area is 129 Å². The van der Waals surface area contributed by atoms with E-state index in [0.29, 0.717) is 11.3 Å². The molecule has 116 valence electrons. The van der Waals surface area contributed by atoms with E-state index in [0.717, 1.165) is 0 Å². The average Bonchev–Trinajstić information content (AvgIpc) is 3.17. The lowest BCUT2D eigenvalue weighted by Crippen LogP contribution is -2.06. The van der Waals surface area contributed by atoms with Crippen LogP contribution in [0.15, 0.2) is 51.7 Å². The van der Waals surface area contributed by atoms with Gasteiger partial charge in [-0.2, -0.15) is 0 Å². The number of furan rings is 1. The van der Waals surface area contributed by atoms with Gasteiger partial charge in [-0.1, -0.05) is 0 Å². The van der Waals surface area contributed by atoms with Crippen LogP contribution in [0.25, 0.3) is 6.08 Å². The summed E-state index contributed by atoms with van der Waals surface area (Å²) in [5, 5.41) is 11.0. The van der Waals surface area contributed by atoms with Gasteiger partial charge < -0.3 is 13.9 Å². The van der Waals surface area contributed by atoms with Crippen molar-refractivity contribution < 1.29 is 23.6 Å². The maximum Gasteiger partial charge on any atom is 0.363 e. The second kappa shape index (κ2) is 5.76. The number of nitrogens with zero attached hydrogens (tertiary/aromatic N) is 2. The lowest BCUT2D eigenvalue weighted by atomic mass is 10.2. The van der Waals surface area contributed by atoms with E-state index in [1.54, 1.807) is 12.1 Å². The van der Waals surface area contributed by atoms with E-state index >= 15 is 0 Å². The number of benzene rings is 1. The van der Waals surface area contributed by atoms with Gasteiger partial charge in [0.1, 0.15) is 5.76 Å². The summed E-state index contributed by atoms with van der Waals surface area (Å²) in [4.78, 5) is 26.3. The Balaban J connectivity index is 1.98. The first-order chi connectivity index (χ1) is 11.1. The Kier molecular flexibility index (Phi) is 3.63. The molecule has 0 aliphatic carbocycles. The van der Waals surface area contributed by atoms with Gasteiger partial charge in [0.2, 0.25) is 5.90 Å². The van der Waals surface area contributed by atoms with Gasteiger partial charge in [0, 0.05) is 17.7 Å². The number of rotatable bonds is 4. The zero-order valence-corrected chi connectivity index (χ0v) is 11.9. The third kappa shape index (κ3) is 2.82. The number of aliphatic imine (C=N–C) groups is 1. The molecule has 8 heteroatoms. The molecule has 1 aliphatic heterocycles. The minimum Gasteiger partial charge on any atom is -0.490 e. The van der Waals surface area contributed by atoms with Gasteiger partial charge in [-0.3, -0.25) is 10.1 Å². The summed E-state index contributed by atoms with van der Waals surface area (Å²) in [5.41, 5.74) is 0.106. The Morgan fingerprint density at radius 2 is 2.17 bits per heavy atom. The first-order valence-electron chi connectivity index (χ1n) is 6.47. The third-order valence-corrected chi connectivity index (χ3v) is 3.07. The standard InChI is InChI=1S/C15H10N2O6/c1-21-13-5-4-9(7-12(13)17(19)20)14-16-11(15(18)23-14)8-10-3-2-6-22-10/h2-8H,1H3/b11-8-. The second-order valence-electron chi connectivity index (χ2n) is 4.50. The van der Waals surface area contributed by atoms with Gasteiger partial charge in [0.05, 0.1) is 18.3 Å². The molecule has 0 amide bonds. The molecule has 0 spiro atoms. The lowest BCUT2D eigenvalue weighted by molar-refractivity contribution is -0.385. The first kappa shape index (κ1) is 14.5. The topological polar surface area (TPSA) is 104 Å². The molecule has 1 aromatic heterocycles. The quantitative estimate of drug-likeness (QED) is 0.372. The van der Waals surface area contributed by atoms with E-state index in [1.165, 1.54) is 37.6 Å². The number of cyclic esters (lactones) is 1. The van der Waals surface area contributed by atoms with Crippen LogP contribution in [0.5, 0.6) is 5.75 Å². The minimum atomic E-state index is -0.658. The lowest BCUT2D eigenvalue weighted by Gasteiger charge is -2.03. The second-order valence-corrected chi connectivity index (χ2v) is 4.50. The number of nitro groups is 1. The molecule has 0 fully saturated rings. The molecule has 2 heterocycles. The molecular formula is C15H10N2O6. The number of hydrogen-bond donors (Lipinski definition) is 0. The van der Waals surface area contributed by atoms with Crippen LogP contribution in [-0.4, -0.2) is 23.9 Å². The summed E-state index contributed by atoms with van der Waals surface area (Å²) < 4.78 is 15.1. The van der Waals surface area contributed by atoms with E-state index in [-0.39, 0.29) is 23.0 Å². The maximum absolute atomic E-state index is 11.8. The third-order valence-electron chi connectivity index (χ3n) is 3.07. The molecule has 8 nitrogen and oxygen atoms in total. The van der Waals surface area contributed by atoms with Gasteiger partial charge in [0.25, 0.3) is 0 Å². The van der Waals surface area contributed by atoms with E-state index in [4.69, 9.17) is 13.9 Å². The van der Waals surface area contributed by atoms with Crippen LogP contribution in [0.4, 0.5) is 5.69 Å². The highest BCUT2D eigenvalue weighted by Crippen LogP contribution is 2.29. The van der Waals surface area contributed by atoms with Crippen LogP contribution in [0.1, 0.15) is 11.3 Å². The van der Waals surface area contributed by atoms with Crippen LogP contribution >= 0.6 is 0 Å². The summed E-state index contributed by atoms with van der Waals surface area (Å²) in [6, 6.07) is 7.50. The van der Waals surface area contributed by atoms with E-state index in [1.807, 2.05) is 0 Å². The van der Waals surface area contributed by atoms with Crippen LogP contribution in [-0.2, 0) is 9.53 Å². The summed E-state index contributed by atoms with van der Waals surface area (Å²) >= 11 is 0. The van der Waals surface area contributed by atoms with Crippen molar-refractivity contribution in [1.29, 1.82) is 0 Å². The van der Waals surface area contributed by atoms with Crippen LogP contribution in [0.2, 0.25) is 0 Å². The first-order valence-corrected chi connectivity index (χ1v) is 6.47. The zero-order chi connectivity index (χ0) is 16.4. The van der Waals surface area contributed by atoms with Gasteiger partial charge in [-0.05, 0) is 24.3 Å². The molecule has 0 radical (unpaired) electrons. The van der Waals surface area contributed by atoms with Crippen molar-refractivity contribution in [2.75, 3.05) is 7.11 Å². The normalized spacial score (nSPS) is 15.4. The predicted molar refractivity (Wildman–Crippen MR) is 79.0 cm³/mol. The number of esters is 1. The Hall–Kier alpha value is -3.42. The van der Waals surface area contributed by atoms with Gasteiger partial charge in [-0.25, -0.2) is 9.79 Å². The molecule has 1 aliphatic rings. The largest absolute Gasteiger partial charge is 0.490 e. The number of ether oxygens (including phenoxy) is 2. The number of carbonyl (C=O) groups excluding carboxylic acids is 1. The molecule has 23 heavy (non-hydrogen) atoms. The number of carbonyl (C=O) groups is 1. The van der Waals surface area contributed by atoms with Gasteiger partial charge in [-0.15, -0.1) is 0 Å². The minimum absolute atomic E-state index is 0.0152. The predicted octanol–water partition coefficient (Wildman–Crippen LogP) is 2.54. The summed E-state index contributed by atoms with van der Waals surface area (Å²) in [5.74, 6) is -0.119. The fraction of sp³-hybridized carbons (Fsp3) is 0.0667. The number of nitro benzene ring substituents is 1. The summed E-state index contributed by atoms with van der Waals surface area (Å²) in [6.45, 7) is 0. The Morgan fingerprint density at radius 3 is 2.83 bits per heavy atom. The van der Waals surface area contributed by atoms with E-state index in [2.05, 4.69) is 4.99 Å². The monoisotopic (exact) mass is 314 g/mol. The van der Waals surface area contributed by atoms with Gasteiger partial charge in [0.15, 0.2) is 11.4 Å². The molecule has 3 rings (SSSR count). The Morgan fingerprint density at radius 1 is 1.35 bits per heavy atom. The van der Waals surface area contributed by atoms with E-state index in [9.17, 15) is 14.9 Å². The molecule has 0 atom stereocenters. The van der Waals surface area contributed by atoms with Crippen LogP contribution in [0, 0.1) is 10.1 Å². The molecule has 0 unspecified atom stereocenters. The molecule has 0 saturated carbocycles. The van der Waals surface area contributed by atoms with Crippen molar-refractivity contribution in [1.82, 2.24) is 0 Å². The molecule has 1 aromatic carbocycles. The highest BCUT2D eigenvalue weighted by atomic mass is 16.6. The van der Waals surface area contributed by atoms with Crippen molar-refractivity contribution in [3.05, 3.63) is 63.7 Å². The average molecular weight is 314 g/mol. The summed E-state index contributed by atoms with van der Waals surface area (Å²) in [7, 11) is 1.33. The van der Waals surface area contributed by atoms with E-state index < -0.39 is 10.9 Å². The van der Waals surface area contributed by atoms with Crippen LogP contribution < -0.4 is 4.74 Å². The van der Waals surface area contributed by atoms with Crippen molar-refractivity contribution in [2.24, 2.45) is 4.99 Å². The fourth-order valence-corrected chi connectivity index (χ4v) is 2.01. The van der Waals surface area contributed by atoms with Crippen LogP contribution in [0.3, 0.4) is 0 Å². The van der Waals surface area contributed by atoms with Crippen molar-refractivity contribution in [3.63, 3.8) is 0 Å². The summed E-state index contributed by atoms with van der Waals surface area (Å²) in [6.07, 6.45) is 2.89. The highest BCUT2D eigenvalue weighted by Gasteiger charge is 2.26. The number of methoxy groups -OCH3 is 1. The highest BCUT2D eigenvalue weighted by molar-refractivity contribution is 6.13. The smallest absolute Gasteiger partial charge is 0.363 e. The van der Waals surface area contributed by atoms with Crippen molar-refractivity contribution in [2.45, 2.75) is 0 Å². The van der Waals surface area contributed by atoms with Crippen molar-refractivity contribution in [3.8, 4) is 5.75 Å². The molecular weight excluding hydrogens is 304 g/mol. The van der Waals surface area contributed by atoms with Crippen molar-refractivity contribution >= 4 is 23.6 Å². The fourth-order valence-electron chi connectivity index (χ4n) is 2.01. The molecule has 2 aromatic rings. The Bertz CT molecular complexity index is 836. The number of hydrogen-bond acceptors (Lipinski definition) is 7. The molecule has 0 bridgehead atoms. The zero-order valence-electron chi connectivity index (χ0n) is 11.9. The SMILES string of the molecule is COc1ccc(C2=N/C(=C\c3ccco3)C(=O)O2)cc1[N+](=O)[O-].